The van der Waals surface area contributed by atoms with E-state index in [0.717, 1.165) is 23.6 Å². The number of carbonyl (C=O) groups is 1. The fraction of sp³-hybridized carbons (Fsp3) is 0.417. The van der Waals surface area contributed by atoms with E-state index in [1.54, 1.807) is 0 Å². The van der Waals surface area contributed by atoms with Crippen molar-refractivity contribution in [3.05, 3.63) is 35.9 Å². The summed E-state index contributed by atoms with van der Waals surface area (Å²) in [4.78, 5) is 14.3. The highest BCUT2D eigenvalue weighted by atomic mass is 32.2. The molecule has 2 nitrogen and oxygen atoms in total. The molecule has 3 heteroatoms. The molecule has 80 valence electrons. The highest BCUT2D eigenvalue weighted by Crippen LogP contribution is 2.18. The molecule has 1 saturated heterocycles. The summed E-state index contributed by atoms with van der Waals surface area (Å²) < 4.78 is 0. The van der Waals surface area contributed by atoms with Gasteiger partial charge in [0.25, 0.3) is 0 Å². The number of benzene rings is 1. The predicted octanol–water partition coefficient (Wildman–Crippen LogP) is 1.92. The third-order valence-corrected chi connectivity index (χ3v) is 3.78. The number of carbonyl (C=O) groups excluding carboxylic acids is 1. The Morgan fingerprint density at radius 3 is 2.80 bits per heavy atom. The van der Waals surface area contributed by atoms with E-state index in [0.29, 0.717) is 0 Å². The minimum absolute atomic E-state index is 0.0612. The van der Waals surface area contributed by atoms with Gasteiger partial charge in [0.05, 0.1) is 6.04 Å². The number of hydrogen-bond acceptors (Lipinski definition) is 3. The van der Waals surface area contributed by atoms with Crippen LogP contribution >= 0.6 is 11.8 Å². The zero-order valence-corrected chi connectivity index (χ0v) is 9.67. The van der Waals surface area contributed by atoms with E-state index in [9.17, 15) is 4.79 Å². The molecule has 1 aliphatic rings. The molecule has 0 amide bonds. The smallest absolute Gasteiger partial charge is 0.180 e. The van der Waals surface area contributed by atoms with E-state index in [-0.39, 0.29) is 11.8 Å². The van der Waals surface area contributed by atoms with Crippen molar-refractivity contribution in [2.75, 3.05) is 25.1 Å². The van der Waals surface area contributed by atoms with Crippen LogP contribution in [0.2, 0.25) is 0 Å². The van der Waals surface area contributed by atoms with Crippen molar-refractivity contribution in [2.24, 2.45) is 0 Å². The molecular weight excluding hydrogens is 206 g/mol. The van der Waals surface area contributed by atoms with E-state index in [1.165, 1.54) is 0 Å². The van der Waals surface area contributed by atoms with Gasteiger partial charge in [-0.05, 0) is 7.05 Å². The van der Waals surface area contributed by atoms with E-state index < -0.39 is 0 Å². The summed E-state index contributed by atoms with van der Waals surface area (Å²) in [5, 5.41) is 0. The second-order valence-corrected chi connectivity index (χ2v) is 4.95. The van der Waals surface area contributed by atoms with Crippen LogP contribution in [0.25, 0.3) is 0 Å². The van der Waals surface area contributed by atoms with Gasteiger partial charge in [0.1, 0.15) is 0 Å². The number of likely N-dealkylation sites (N-methyl/N-ethyl adjacent to an activating group) is 1. The summed E-state index contributed by atoms with van der Waals surface area (Å²) in [7, 11) is 2.03. The Bertz CT molecular complexity index is 339. The maximum Gasteiger partial charge on any atom is 0.180 e. The van der Waals surface area contributed by atoms with Crippen molar-refractivity contribution in [3.63, 3.8) is 0 Å². The Morgan fingerprint density at radius 2 is 2.13 bits per heavy atom. The van der Waals surface area contributed by atoms with Gasteiger partial charge in [-0.2, -0.15) is 11.8 Å². The minimum atomic E-state index is 0.0612. The van der Waals surface area contributed by atoms with Gasteiger partial charge < -0.3 is 0 Å². The van der Waals surface area contributed by atoms with E-state index in [4.69, 9.17) is 0 Å². The largest absolute Gasteiger partial charge is 0.295 e. The molecule has 1 aromatic carbocycles. The number of ketones is 1. The van der Waals surface area contributed by atoms with Crippen LogP contribution in [0.15, 0.2) is 30.3 Å². The van der Waals surface area contributed by atoms with Gasteiger partial charge in [0.2, 0.25) is 0 Å². The summed E-state index contributed by atoms with van der Waals surface area (Å²) in [5.41, 5.74) is 0.830. The minimum Gasteiger partial charge on any atom is -0.295 e. The zero-order chi connectivity index (χ0) is 10.7. The molecule has 1 fully saturated rings. The van der Waals surface area contributed by atoms with Crippen molar-refractivity contribution in [3.8, 4) is 0 Å². The van der Waals surface area contributed by atoms with Crippen LogP contribution in [0.4, 0.5) is 0 Å². The molecule has 0 N–H and O–H groups in total. The average Bonchev–Trinajstić information content (AvgIpc) is 2.30. The first kappa shape index (κ1) is 10.7. The van der Waals surface area contributed by atoms with E-state index in [1.807, 2.05) is 49.1 Å². The Labute approximate surface area is 94.7 Å². The Kier molecular flexibility index (Phi) is 3.44. The Hall–Kier alpha value is -0.800. The van der Waals surface area contributed by atoms with Crippen LogP contribution < -0.4 is 0 Å². The standard InChI is InChI=1S/C12H15NOS/c1-13-7-8-15-9-11(13)12(14)10-5-3-2-4-6-10/h2-6,11H,7-9H2,1H3. The van der Waals surface area contributed by atoms with Crippen molar-refractivity contribution in [2.45, 2.75) is 6.04 Å². The molecule has 1 aromatic rings. The molecule has 0 bridgehead atoms. The normalized spacial score (nSPS) is 22.6. The monoisotopic (exact) mass is 221 g/mol. The fourth-order valence-corrected chi connectivity index (χ4v) is 2.97. The topological polar surface area (TPSA) is 20.3 Å². The molecule has 1 aliphatic heterocycles. The number of nitrogens with zero attached hydrogens (tertiary/aromatic N) is 1. The molecule has 2 rings (SSSR count). The maximum atomic E-state index is 12.2. The van der Waals surface area contributed by atoms with Crippen LogP contribution in [-0.2, 0) is 0 Å². The van der Waals surface area contributed by atoms with Gasteiger partial charge in [0, 0.05) is 23.6 Å². The molecule has 0 spiro atoms. The number of rotatable bonds is 2. The molecule has 0 aliphatic carbocycles. The highest BCUT2D eigenvalue weighted by Gasteiger charge is 2.26. The summed E-state index contributed by atoms with van der Waals surface area (Å²) in [5.74, 6) is 2.31. The number of thioether (sulfide) groups is 1. The van der Waals surface area contributed by atoms with Crippen molar-refractivity contribution in [1.82, 2.24) is 4.90 Å². The van der Waals surface area contributed by atoms with Gasteiger partial charge in [-0.3, -0.25) is 9.69 Å². The van der Waals surface area contributed by atoms with Gasteiger partial charge in [-0.15, -0.1) is 0 Å². The summed E-state index contributed by atoms with van der Waals surface area (Å²) in [6, 6.07) is 9.64. The van der Waals surface area contributed by atoms with Crippen molar-refractivity contribution >= 4 is 17.5 Å². The van der Waals surface area contributed by atoms with Gasteiger partial charge in [0.15, 0.2) is 5.78 Å². The lowest BCUT2D eigenvalue weighted by molar-refractivity contribution is 0.0874. The van der Waals surface area contributed by atoms with Crippen LogP contribution in [0.1, 0.15) is 10.4 Å². The molecule has 1 unspecified atom stereocenters. The van der Waals surface area contributed by atoms with Crippen LogP contribution in [0.3, 0.4) is 0 Å². The fourth-order valence-electron chi connectivity index (χ4n) is 1.76. The predicted molar refractivity (Wildman–Crippen MR) is 64.5 cm³/mol. The molecule has 1 atom stereocenters. The lowest BCUT2D eigenvalue weighted by Gasteiger charge is -2.30. The highest BCUT2D eigenvalue weighted by molar-refractivity contribution is 7.99. The number of Topliss-reactive ketones (excluding diaryl/α,β-unsaturated/α-hetero) is 1. The first-order chi connectivity index (χ1) is 7.29. The van der Waals surface area contributed by atoms with Crippen LogP contribution in [-0.4, -0.2) is 41.8 Å². The number of hydrogen-bond donors (Lipinski definition) is 0. The van der Waals surface area contributed by atoms with Gasteiger partial charge in [-0.1, -0.05) is 30.3 Å². The van der Waals surface area contributed by atoms with Gasteiger partial charge in [-0.25, -0.2) is 0 Å². The third-order valence-electron chi connectivity index (χ3n) is 2.76. The summed E-state index contributed by atoms with van der Waals surface area (Å²) in [6.07, 6.45) is 0. The molecule has 15 heavy (non-hydrogen) atoms. The van der Waals surface area contributed by atoms with E-state index >= 15 is 0 Å². The second kappa shape index (κ2) is 4.81. The average molecular weight is 221 g/mol. The summed E-state index contributed by atoms with van der Waals surface area (Å²) >= 11 is 1.87. The van der Waals surface area contributed by atoms with Crippen LogP contribution in [0, 0.1) is 0 Å². The summed E-state index contributed by atoms with van der Waals surface area (Å²) in [6.45, 7) is 1.01. The Morgan fingerprint density at radius 1 is 1.40 bits per heavy atom. The van der Waals surface area contributed by atoms with Crippen molar-refractivity contribution in [1.29, 1.82) is 0 Å². The first-order valence-electron chi connectivity index (χ1n) is 5.16. The van der Waals surface area contributed by atoms with Crippen molar-refractivity contribution < 1.29 is 4.79 Å². The molecule has 1 heterocycles. The maximum absolute atomic E-state index is 12.2. The van der Waals surface area contributed by atoms with Crippen LogP contribution in [0.5, 0.6) is 0 Å². The molecule has 0 aromatic heterocycles. The third kappa shape index (κ3) is 2.41. The SMILES string of the molecule is CN1CCSCC1C(=O)c1ccccc1. The molecular formula is C12H15NOS. The zero-order valence-electron chi connectivity index (χ0n) is 8.85. The molecule has 0 radical (unpaired) electrons. The molecule has 0 saturated carbocycles. The lowest BCUT2D eigenvalue weighted by Crippen LogP contribution is -2.44. The first-order valence-corrected chi connectivity index (χ1v) is 6.32. The lowest BCUT2D eigenvalue weighted by atomic mass is 10.0. The van der Waals surface area contributed by atoms with E-state index in [2.05, 4.69) is 4.90 Å². The second-order valence-electron chi connectivity index (χ2n) is 3.80. The van der Waals surface area contributed by atoms with Gasteiger partial charge >= 0.3 is 0 Å². The quantitative estimate of drug-likeness (QED) is 0.712. The Balaban J connectivity index is 2.13.